The molecular weight excluding hydrogens is 168 g/mol. The van der Waals surface area contributed by atoms with Gasteiger partial charge in [0, 0.05) is 23.8 Å². The molecule has 2 aliphatic carbocycles. The van der Waals surface area contributed by atoms with Crippen LogP contribution in [0.2, 0.25) is 0 Å². The average Bonchev–Trinajstić information content (AvgIpc) is 2.49. The highest BCUT2D eigenvalue weighted by Gasteiger charge is 2.71. The average molecular weight is 180 g/mol. The first-order valence-electron chi connectivity index (χ1n) is 4.35. The predicted molar refractivity (Wildman–Crippen MR) is 45.7 cm³/mol. The molecule has 0 radical (unpaired) electrons. The van der Waals surface area contributed by atoms with E-state index in [2.05, 4.69) is 0 Å². The quantitative estimate of drug-likeness (QED) is 0.573. The zero-order valence-corrected chi connectivity index (χ0v) is 8.01. The molecule has 0 aromatic rings. The van der Waals surface area contributed by atoms with Crippen molar-refractivity contribution >= 4 is 11.8 Å². The summed E-state index contributed by atoms with van der Waals surface area (Å²) in [4.78, 5) is 22.2. The molecule has 0 amide bonds. The van der Waals surface area contributed by atoms with Gasteiger partial charge in [0.15, 0.2) is 5.78 Å². The van der Waals surface area contributed by atoms with E-state index < -0.39 is 0 Å². The van der Waals surface area contributed by atoms with Gasteiger partial charge in [0.1, 0.15) is 5.76 Å². The molecule has 13 heavy (non-hydrogen) atoms. The molecule has 0 heterocycles. The van der Waals surface area contributed by atoms with Gasteiger partial charge in [-0.05, 0) is 6.42 Å². The van der Waals surface area contributed by atoms with Crippen LogP contribution in [0, 0.1) is 10.8 Å². The molecule has 70 valence electrons. The lowest BCUT2D eigenvalue weighted by Gasteiger charge is -2.11. The second-order valence-electron chi connectivity index (χ2n) is 4.31. The highest BCUT2D eigenvalue weighted by Crippen LogP contribution is 2.71. The molecule has 0 N–H and O–H groups in total. The Labute approximate surface area is 76.8 Å². The molecule has 3 heteroatoms. The second-order valence-corrected chi connectivity index (χ2v) is 4.31. The number of hydrogen-bond donors (Lipinski definition) is 0. The number of allylic oxidation sites excluding steroid dienone is 2. The monoisotopic (exact) mass is 180 g/mol. The Morgan fingerprint density at radius 1 is 1.46 bits per heavy atom. The fourth-order valence-electron chi connectivity index (χ4n) is 2.12. The van der Waals surface area contributed by atoms with E-state index in [4.69, 9.17) is 4.74 Å². The van der Waals surface area contributed by atoms with Gasteiger partial charge in [0.05, 0.1) is 0 Å². The lowest BCUT2D eigenvalue weighted by Crippen LogP contribution is -2.12. The molecule has 3 nitrogen and oxygen atoms in total. The third-order valence-corrected chi connectivity index (χ3v) is 3.40. The molecule has 2 unspecified atom stereocenters. The third kappa shape index (κ3) is 0.844. The maximum absolute atomic E-state index is 11.5. The summed E-state index contributed by atoms with van der Waals surface area (Å²) in [6, 6.07) is 0. The lowest BCUT2D eigenvalue weighted by atomic mass is 9.98. The van der Waals surface area contributed by atoms with Gasteiger partial charge in [-0.2, -0.15) is 0 Å². The van der Waals surface area contributed by atoms with Crippen LogP contribution in [0.5, 0.6) is 0 Å². The van der Waals surface area contributed by atoms with Crippen molar-refractivity contribution in [1.29, 1.82) is 0 Å². The fourth-order valence-corrected chi connectivity index (χ4v) is 2.12. The summed E-state index contributed by atoms with van der Waals surface area (Å²) in [5, 5.41) is 0. The molecule has 0 saturated heterocycles. The minimum atomic E-state index is -0.351. The van der Waals surface area contributed by atoms with Crippen LogP contribution >= 0.6 is 0 Å². The molecule has 0 aromatic heterocycles. The summed E-state index contributed by atoms with van der Waals surface area (Å²) >= 11 is 0. The number of hydrogen-bond acceptors (Lipinski definition) is 3. The van der Waals surface area contributed by atoms with Crippen molar-refractivity contribution in [1.82, 2.24) is 0 Å². The number of carbonyl (C=O) groups excluding carboxylic acids is 2. The van der Waals surface area contributed by atoms with Crippen molar-refractivity contribution in [3.63, 3.8) is 0 Å². The first-order valence-corrected chi connectivity index (χ1v) is 4.35. The minimum absolute atomic E-state index is 0.0891. The Balaban J connectivity index is 2.28. The van der Waals surface area contributed by atoms with E-state index >= 15 is 0 Å². The van der Waals surface area contributed by atoms with Crippen molar-refractivity contribution in [2.45, 2.75) is 27.2 Å². The SMILES string of the molecule is CC(=O)OC1=CC(=O)C2(C)CC12C. The largest absolute Gasteiger partial charge is 0.431 e. The first-order chi connectivity index (χ1) is 5.90. The van der Waals surface area contributed by atoms with Gasteiger partial charge in [0.2, 0.25) is 0 Å². The highest BCUT2D eigenvalue weighted by molar-refractivity contribution is 6.02. The van der Waals surface area contributed by atoms with E-state index in [1.165, 1.54) is 13.0 Å². The van der Waals surface area contributed by atoms with Gasteiger partial charge < -0.3 is 4.74 Å². The van der Waals surface area contributed by atoms with E-state index in [0.29, 0.717) is 5.76 Å². The summed E-state index contributed by atoms with van der Waals surface area (Å²) in [6.45, 7) is 5.24. The van der Waals surface area contributed by atoms with Crippen LogP contribution in [-0.4, -0.2) is 11.8 Å². The van der Waals surface area contributed by atoms with Crippen LogP contribution in [0.15, 0.2) is 11.8 Å². The van der Waals surface area contributed by atoms with E-state index in [1.807, 2.05) is 13.8 Å². The zero-order valence-electron chi connectivity index (χ0n) is 8.01. The molecule has 2 rings (SSSR count). The molecular formula is C10H12O3. The Bertz CT molecular complexity index is 342. The molecule has 2 aliphatic rings. The van der Waals surface area contributed by atoms with Crippen LogP contribution < -0.4 is 0 Å². The van der Waals surface area contributed by atoms with E-state index in [0.717, 1.165) is 6.42 Å². The highest BCUT2D eigenvalue weighted by atomic mass is 16.5. The third-order valence-electron chi connectivity index (χ3n) is 3.40. The zero-order chi connectivity index (χ0) is 9.85. The summed E-state index contributed by atoms with van der Waals surface area (Å²) in [7, 11) is 0. The van der Waals surface area contributed by atoms with Gasteiger partial charge in [-0.15, -0.1) is 0 Å². The summed E-state index contributed by atoms with van der Waals surface area (Å²) < 4.78 is 5.01. The van der Waals surface area contributed by atoms with E-state index in [1.54, 1.807) is 0 Å². The molecule has 0 spiro atoms. The fraction of sp³-hybridized carbons (Fsp3) is 0.600. The lowest BCUT2D eigenvalue weighted by molar-refractivity contribution is -0.137. The number of ether oxygens (including phenoxy) is 1. The Morgan fingerprint density at radius 3 is 2.38 bits per heavy atom. The summed E-state index contributed by atoms with van der Waals surface area (Å²) in [6.07, 6.45) is 2.27. The summed E-state index contributed by atoms with van der Waals surface area (Å²) in [5.74, 6) is 0.287. The van der Waals surface area contributed by atoms with Crippen molar-refractivity contribution in [3.8, 4) is 0 Å². The van der Waals surface area contributed by atoms with Gasteiger partial charge in [-0.25, -0.2) is 0 Å². The summed E-state index contributed by atoms with van der Waals surface area (Å²) in [5.41, 5.74) is -0.506. The van der Waals surface area contributed by atoms with E-state index in [-0.39, 0.29) is 22.6 Å². The van der Waals surface area contributed by atoms with E-state index in [9.17, 15) is 9.59 Å². The maximum Gasteiger partial charge on any atom is 0.307 e. The smallest absolute Gasteiger partial charge is 0.307 e. The van der Waals surface area contributed by atoms with Crippen LogP contribution in [0.25, 0.3) is 0 Å². The van der Waals surface area contributed by atoms with Crippen molar-refractivity contribution in [3.05, 3.63) is 11.8 Å². The van der Waals surface area contributed by atoms with Crippen LogP contribution in [-0.2, 0) is 14.3 Å². The minimum Gasteiger partial charge on any atom is -0.431 e. The molecule has 0 bridgehead atoms. The Kier molecular flexibility index (Phi) is 1.32. The van der Waals surface area contributed by atoms with Gasteiger partial charge >= 0.3 is 5.97 Å². The molecule has 0 aromatic carbocycles. The molecule has 2 atom stereocenters. The number of carbonyl (C=O) groups is 2. The normalized spacial score (nSPS) is 41.2. The number of ketones is 1. The first kappa shape index (κ1) is 8.48. The number of esters is 1. The Hall–Kier alpha value is -1.12. The number of rotatable bonds is 1. The van der Waals surface area contributed by atoms with Crippen LogP contribution in [0.1, 0.15) is 27.2 Å². The molecule has 1 saturated carbocycles. The second kappa shape index (κ2) is 2.03. The molecule has 1 fully saturated rings. The maximum atomic E-state index is 11.5. The number of fused-ring (bicyclic) bond motifs is 1. The van der Waals surface area contributed by atoms with Crippen molar-refractivity contribution in [2.75, 3.05) is 0 Å². The predicted octanol–water partition coefficient (Wildman–Crippen LogP) is 1.43. The van der Waals surface area contributed by atoms with Crippen molar-refractivity contribution < 1.29 is 14.3 Å². The Morgan fingerprint density at radius 2 is 2.08 bits per heavy atom. The van der Waals surface area contributed by atoms with Crippen molar-refractivity contribution in [2.24, 2.45) is 10.8 Å². The standard InChI is InChI=1S/C10H12O3/c1-6(11)13-8-4-7(12)9(2)5-10(8,9)3/h4H,5H2,1-3H3. The van der Waals surface area contributed by atoms with Crippen LogP contribution in [0.4, 0.5) is 0 Å². The van der Waals surface area contributed by atoms with Crippen LogP contribution in [0.3, 0.4) is 0 Å². The van der Waals surface area contributed by atoms with Gasteiger partial charge in [-0.1, -0.05) is 13.8 Å². The van der Waals surface area contributed by atoms with Gasteiger partial charge in [0.25, 0.3) is 0 Å². The molecule has 0 aliphatic heterocycles. The topological polar surface area (TPSA) is 43.4 Å². The van der Waals surface area contributed by atoms with Gasteiger partial charge in [-0.3, -0.25) is 9.59 Å².